The molecule has 2 aromatic carbocycles. The van der Waals surface area contributed by atoms with E-state index in [1.54, 1.807) is 0 Å². The Morgan fingerprint density at radius 3 is 2.52 bits per heavy atom. The van der Waals surface area contributed by atoms with E-state index in [9.17, 15) is 4.79 Å². The van der Waals surface area contributed by atoms with Crippen LogP contribution in [0.1, 0.15) is 46.1 Å². The first-order chi connectivity index (χ1) is 15.1. The fourth-order valence-electron chi connectivity index (χ4n) is 4.92. The summed E-state index contributed by atoms with van der Waals surface area (Å²) in [7, 11) is 0. The molecule has 6 nitrogen and oxygen atoms in total. The van der Waals surface area contributed by atoms with E-state index in [0.29, 0.717) is 38.1 Å². The van der Waals surface area contributed by atoms with Crippen LogP contribution >= 0.6 is 0 Å². The van der Waals surface area contributed by atoms with Crippen molar-refractivity contribution in [3.63, 3.8) is 0 Å². The first-order valence-corrected chi connectivity index (χ1v) is 10.9. The minimum atomic E-state index is -0.0896. The number of amides is 1. The third kappa shape index (κ3) is 3.65. The lowest BCUT2D eigenvalue weighted by Gasteiger charge is -2.36. The molecule has 2 aliphatic rings. The molecule has 0 bridgehead atoms. The van der Waals surface area contributed by atoms with E-state index in [2.05, 4.69) is 17.1 Å². The number of carbonyl (C=O) groups is 1. The lowest BCUT2D eigenvalue weighted by molar-refractivity contribution is 0.00908. The molecule has 0 N–H and O–H groups in total. The largest absolute Gasteiger partial charge is 0.420 e. The molecule has 3 aromatic rings. The lowest BCUT2D eigenvalue weighted by atomic mass is 9.72. The Morgan fingerprint density at radius 1 is 1.03 bits per heavy atom. The molecular formula is C25H27N3O3. The zero-order valence-electron chi connectivity index (χ0n) is 18.0. The number of ether oxygens (including phenoxy) is 1. The molecule has 0 radical (unpaired) electrons. The number of hydrogen-bond donors (Lipinski definition) is 0. The average molecular weight is 418 g/mol. The fourth-order valence-corrected chi connectivity index (χ4v) is 4.92. The summed E-state index contributed by atoms with van der Waals surface area (Å²) in [5.41, 5.74) is 3.77. The molecule has 6 heteroatoms. The Kier molecular flexibility index (Phi) is 5.10. The van der Waals surface area contributed by atoms with Crippen LogP contribution < -0.4 is 0 Å². The molecule has 0 saturated carbocycles. The van der Waals surface area contributed by atoms with Crippen LogP contribution in [0.25, 0.3) is 11.5 Å². The number of benzene rings is 2. The van der Waals surface area contributed by atoms with Crippen LogP contribution in [0.15, 0.2) is 52.9 Å². The van der Waals surface area contributed by atoms with Crippen LogP contribution in [0, 0.1) is 19.3 Å². The van der Waals surface area contributed by atoms with Gasteiger partial charge in [0.1, 0.15) is 0 Å². The van der Waals surface area contributed by atoms with Gasteiger partial charge in [0.05, 0.1) is 5.92 Å². The van der Waals surface area contributed by atoms with Gasteiger partial charge in [-0.15, -0.1) is 10.2 Å². The summed E-state index contributed by atoms with van der Waals surface area (Å²) in [5, 5.41) is 8.76. The number of nitrogens with zero attached hydrogens (tertiary/aromatic N) is 3. The SMILES string of the molecule is Cc1ccc(-c2nnc(C3CN(C(=O)c4ccccc4C)CC34CCOCC4)o2)cc1. The van der Waals surface area contributed by atoms with E-state index in [1.807, 2.05) is 60.4 Å². The van der Waals surface area contributed by atoms with Gasteiger partial charge in [0.25, 0.3) is 5.91 Å². The zero-order valence-corrected chi connectivity index (χ0v) is 18.0. The number of rotatable bonds is 3. The molecule has 1 amide bonds. The normalized spacial score (nSPS) is 20.3. The van der Waals surface area contributed by atoms with Crippen LogP contribution in [0.4, 0.5) is 0 Å². The maximum absolute atomic E-state index is 13.4. The highest BCUT2D eigenvalue weighted by Crippen LogP contribution is 2.49. The smallest absolute Gasteiger partial charge is 0.254 e. The molecule has 160 valence electrons. The molecule has 1 spiro atoms. The highest BCUT2D eigenvalue weighted by Gasteiger charge is 2.51. The maximum Gasteiger partial charge on any atom is 0.254 e. The van der Waals surface area contributed by atoms with E-state index >= 15 is 0 Å². The average Bonchev–Trinajstić information content (AvgIpc) is 3.40. The second-order valence-electron chi connectivity index (χ2n) is 8.84. The number of hydrogen-bond acceptors (Lipinski definition) is 5. The molecule has 1 unspecified atom stereocenters. The van der Waals surface area contributed by atoms with Crippen molar-refractivity contribution in [3.8, 4) is 11.5 Å². The van der Waals surface area contributed by atoms with Gasteiger partial charge >= 0.3 is 0 Å². The summed E-state index contributed by atoms with van der Waals surface area (Å²) in [4.78, 5) is 15.3. The summed E-state index contributed by atoms with van der Waals surface area (Å²) in [5.74, 6) is 1.24. The zero-order chi connectivity index (χ0) is 21.4. The topological polar surface area (TPSA) is 68.5 Å². The summed E-state index contributed by atoms with van der Waals surface area (Å²) in [6, 6.07) is 15.8. The summed E-state index contributed by atoms with van der Waals surface area (Å²) in [6.45, 7) is 6.70. The first kappa shape index (κ1) is 19.9. The van der Waals surface area contributed by atoms with Gasteiger partial charge in [0.2, 0.25) is 11.8 Å². The fraction of sp³-hybridized carbons (Fsp3) is 0.400. The Hall–Kier alpha value is -2.99. The number of aryl methyl sites for hydroxylation is 2. The standard InChI is InChI=1S/C25H27N3O3/c1-17-7-9-19(10-8-17)22-26-27-23(31-22)21-15-28(16-25(21)11-13-30-14-12-25)24(29)20-6-4-3-5-18(20)2/h3-10,21H,11-16H2,1-2H3. The summed E-state index contributed by atoms with van der Waals surface area (Å²) < 4.78 is 11.8. The van der Waals surface area contributed by atoms with Crippen molar-refractivity contribution < 1.29 is 13.9 Å². The van der Waals surface area contributed by atoms with Crippen molar-refractivity contribution in [2.75, 3.05) is 26.3 Å². The number of aromatic nitrogens is 2. The third-order valence-electron chi connectivity index (χ3n) is 6.84. The molecule has 1 aromatic heterocycles. The van der Waals surface area contributed by atoms with Crippen molar-refractivity contribution in [1.29, 1.82) is 0 Å². The summed E-state index contributed by atoms with van der Waals surface area (Å²) >= 11 is 0. The Labute approximate surface area is 182 Å². The molecule has 2 saturated heterocycles. The van der Waals surface area contributed by atoms with Gasteiger partial charge in [-0.05, 0) is 50.5 Å². The van der Waals surface area contributed by atoms with Crippen LogP contribution in [0.2, 0.25) is 0 Å². The van der Waals surface area contributed by atoms with Crippen molar-refractivity contribution in [1.82, 2.24) is 15.1 Å². The van der Waals surface area contributed by atoms with Crippen molar-refractivity contribution in [3.05, 3.63) is 71.1 Å². The van der Waals surface area contributed by atoms with E-state index in [-0.39, 0.29) is 17.2 Å². The number of likely N-dealkylation sites (tertiary alicyclic amines) is 1. The van der Waals surface area contributed by atoms with Crippen LogP contribution in [0.5, 0.6) is 0 Å². The van der Waals surface area contributed by atoms with Gasteiger partial charge in [0, 0.05) is 42.8 Å². The molecule has 3 heterocycles. The van der Waals surface area contributed by atoms with E-state index < -0.39 is 0 Å². The van der Waals surface area contributed by atoms with Crippen molar-refractivity contribution in [2.45, 2.75) is 32.6 Å². The van der Waals surface area contributed by atoms with Gasteiger partial charge in [-0.3, -0.25) is 4.79 Å². The minimum absolute atomic E-state index is 0.0102. The number of carbonyl (C=O) groups excluding carboxylic acids is 1. The predicted molar refractivity (Wildman–Crippen MR) is 117 cm³/mol. The summed E-state index contributed by atoms with van der Waals surface area (Å²) in [6.07, 6.45) is 1.77. The second-order valence-corrected chi connectivity index (χ2v) is 8.84. The Balaban J connectivity index is 1.46. The molecule has 1 atom stereocenters. The second kappa shape index (κ2) is 7.93. The lowest BCUT2D eigenvalue weighted by Crippen LogP contribution is -2.37. The first-order valence-electron chi connectivity index (χ1n) is 10.9. The molecule has 0 aliphatic carbocycles. The molecular weight excluding hydrogens is 390 g/mol. The van der Waals surface area contributed by atoms with E-state index in [4.69, 9.17) is 9.15 Å². The molecule has 2 fully saturated rings. The molecule has 5 rings (SSSR count). The van der Waals surface area contributed by atoms with Crippen LogP contribution in [-0.4, -0.2) is 47.3 Å². The molecule has 2 aliphatic heterocycles. The van der Waals surface area contributed by atoms with E-state index in [0.717, 1.165) is 29.5 Å². The van der Waals surface area contributed by atoms with Gasteiger partial charge in [-0.2, -0.15) is 0 Å². The van der Waals surface area contributed by atoms with Gasteiger partial charge < -0.3 is 14.1 Å². The minimum Gasteiger partial charge on any atom is -0.420 e. The maximum atomic E-state index is 13.4. The highest BCUT2D eigenvalue weighted by atomic mass is 16.5. The van der Waals surface area contributed by atoms with Gasteiger partial charge in [-0.1, -0.05) is 35.9 Å². The highest BCUT2D eigenvalue weighted by molar-refractivity contribution is 5.96. The van der Waals surface area contributed by atoms with Crippen molar-refractivity contribution in [2.24, 2.45) is 5.41 Å². The Bertz CT molecular complexity index is 1080. The van der Waals surface area contributed by atoms with Crippen LogP contribution in [0.3, 0.4) is 0 Å². The van der Waals surface area contributed by atoms with Gasteiger partial charge in [0.15, 0.2) is 0 Å². The monoisotopic (exact) mass is 417 g/mol. The quantitative estimate of drug-likeness (QED) is 0.632. The van der Waals surface area contributed by atoms with E-state index in [1.165, 1.54) is 5.56 Å². The predicted octanol–water partition coefficient (Wildman–Crippen LogP) is 4.39. The van der Waals surface area contributed by atoms with Gasteiger partial charge in [-0.25, -0.2) is 0 Å². The van der Waals surface area contributed by atoms with Crippen molar-refractivity contribution >= 4 is 5.91 Å². The third-order valence-corrected chi connectivity index (χ3v) is 6.84. The Morgan fingerprint density at radius 2 is 1.77 bits per heavy atom. The molecule has 31 heavy (non-hydrogen) atoms. The van der Waals surface area contributed by atoms with Crippen LogP contribution in [-0.2, 0) is 4.74 Å².